The van der Waals surface area contributed by atoms with Gasteiger partial charge < -0.3 is 24.8 Å². The molecule has 0 heterocycles. The fraction of sp³-hybridized carbons (Fsp3) is 0.273. The van der Waals surface area contributed by atoms with Gasteiger partial charge in [-0.3, -0.25) is 0 Å². The fourth-order valence-corrected chi connectivity index (χ4v) is 3.77. The zero-order valence-corrected chi connectivity index (χ0v) is 14.3. The molecule has 2 rings (SSSR count). The zero-order chi connectivity index (χ0) is 10.1. The first-order chi connectivity index (χ1) is 6.68. The van der Waals surface area contributed by atoms with Crippen LogP contribution in [0.4, 0.5) is 0 Å². The summed E-state index contributed by atoms with van der Waals surface area (Å²) in [5, 5.41) is 0. The Kier molecular flexibility index (Phi) is 7.20. The third kappa shape index (κ3) is 3.46. The molecule has 1 atom stereocenters. The van der Waals surface area contributed by atoms with Crippen LogP contribution in [0.5, 0.6) is 0 Å². The molecule has 5 heteroatoms. The summed E-state index contributed by atoms with van der Waals surface area (Å²) in [6.45, 7) is 4.43. The van der Waals surface area contributed by atoms with E-state index in [2.05, 4.69) is 43.4 Å². The van der Waals surface area contributed by atoms with Crippen LogP contribution in [0.15, 0.2) is 30.0 Å². The first-order valence-electron chi connectivity index (χ1n) is 4.87. The third-order valence-electron chi connectivity index (χ3n) is 2.26. The van der Waals surface area contributed by atoms with Crippen LogP contribution in [0, 0.1) is 0 Å². The van der Waals surface area contributed by atoms with E-state index in [0.717, 1.165) is 0 Å². The number of fused-ring (bicyclic) bond motifs is 1. The monoisotopic (exact) mass is 349 g/mol. The fourth-order valence-electron chi connectivity index (χ4n) is 1.67. The van der Waals surface area contributed by atoms with E-state index < -0.39 is 9.04 Å². The second kappa shape index (κ2) is 7.00. The second-order valence-corrected chi connectivity index (χ2v) is 7.53. The Morgan fingerprint density at radius 3 is 2.38 bits per heavy atom. The van der Waals surface area contributed by atoms with Gasteiger partial charge in [-0.05, 0) is 0 Å². The van der Waals surface area contributed by atoms with Gasteiger partial charge in [-0.15, -0.1) is 0 Å². The largest absolute Gasteiger partial charge is 1.00 e. The van der Waals surface area contributed by atoms with E-state index in [0.29, 0.717) is 3.63 Å². The number of rotatable bonds is 2. The average Bonchev–Trinajstić information content (AvgIpc) is 2.44. The Bertz CT molecular complexity index is 382. The standard InChI is InChI=1S/C11H13OSi.2ClH.Zr/c1-13(2)12-11-7-9-5-3-4-6-10(9)8-11;;;/h3-8,13H,1-2H3;2*1H;/q;;;+2/p-2. The molecule has 0 amide bonds. The molecule has 0 fully saturated rings. The minimum absolute atomic E-state index is 0. The van der Waals surface area contributed by atoms with Crippen LogP contribution in [-0.4, -0.2) is 9.04 Å². The molecule has 0 saturated heterocycles. The van der Waals surface area contributed by atoms with Gasteiger partial charge in [-0.1, -0.05) is 0 Å². The SMILES string of the molecule is C[SiH](C)OC1=Cc2ccccc2[CH]1[Zr+2].[Cl-].[Cl-]. The van der Waals surface area contributed by atoms with Gasteiger partial charge in [-0.25, -0.2) is 0 Å². The van der Waals surface area contributed by atoms with E-state index in [-0.39, 0.29) is 24.8 Å². The maximum Gasteiger partial charge on any atom is -1.00 e. The molecule has 0 radical (unpaired) electrons. The minimum Gasteiger partial charge on any atom is -1.00 e. The molecule has 0 spiro atoms. The van der Waals surface area contributed by atoms with Crippen molar-refractivity contribution in [2.45, 2.75) is 16.7 Å². The van der Waals surface area contributed by atoms with Crippen molar-refractivity contribution in [1.29, 1.82) is 0 Å². The zero-order valence-electron chi connectivity index (χ0n) is 9.21. The molecule has 1 aromatic rings. The van der Waals surface area contributed by atoms with Gasteiger partial charge in [0.25, 0.3) is 0 Å². The second-order valence-electron chi connectivity index (χ2n) is 3.78. The molecule has 1 aliphatic carbocycles. The molecule has 1 nitrogen and oxygen atoms in total. The van der Waals surface area contributed by atoms with Crippen LogP contribution in [0.2, 0.25) is 13.1 Å². The van der Waals surface area contributed by atoms with Crippen LogP contribution < -0.4 is 24.8 Å². The summed E-state index contributed by atoms with van der Waals surface area (Å²) in [5.41, 5.74) is 2.79. The normalized spacial score (nSPS) is 17.1. The van der Waals surface area contributed by atoms with Crippen molar-refractivity contribution >= 4 is 15.1 Å². The van der Waals surface area contributed by atoms with E-state index >= 15 is 0 Å². The predicted molar refractivity (Wildman–Crippen MR) is 57.1 cm³/mol. The molecule has 0 aliphatic heterocycles. The molecule has 0 aromatic heterocycles. The van der Waals surface area contributed by atoms with Gasteiger partial charge in [0.05, 0.1) is 0 Å². The van der Waals surface area contributed by atoms with E-state index in [1.165, 1.54) is 41.6 Å². The minimum atomic E-state index is -0.947. The first-order valence-corrected chi connectivity index (χ1v) is 9.07. The summed E-state index contributed by atoms with van der Waals surface area (Å²) in [4.78, 5) is 0. The Labute approximate surface area is 126 Å². The molecule has 0 saturated carbocycles. The summed E-state index contributed by atoms with van der Waals surface area (Å²) in [6, 6.07) is 8.58. The van der Waals surface area contributed by atoms with Crippen molar-refractivity contribution in [3.63, 3.8) is 0 Å². The number of hydrogen-bond donors (Lipinski definition) is 0. The van der Waals surface area contributed by atoms with Gasteiger partial charge in [0.2, 0.25) is 0 Å². The molecule has 1 unspecified atom stereocenters. The molecule has 0 N–H and O–H groups in total. The summed E-state index contributed by atoms with van der Waals surface area (Å²) in [5.74, 6) is 1.20. The molecule has 1 aromatic carbocycles. The van der Waals surface area contributed by atoms with E-state index in [9.17, 15) is 0 Å². The van der Waals surface area contributed by atoms with Crippen molar-refractivity contribution < 1.29 is 54.0 Å². The molecule has 16 heavy (non-hydrogen) atoms. The van der Waals surface area contributed by atoms with Gasteiger partial charge in [-0.2, -0.15) is 0 Å². The van der Waals surface area contributed by atoms with Gasteiger partial charge in [0.1, 0.15) is 0 Å². The van der Waals surface area contributed by atoms with Crippen LogP contribution in [0.25, 0.3) is 6.08 Å². The molecular weight excluding hydrogens is 338 g/mol. The molecule has 85 valence electrons. The van der Waals surface area contributed by atoms with Crippen LogP contribution >= 0.6 is 0 Å². The van der Waals surface area contributed by atoms with Crippen molar-refractivity contribution in [2.24, 2.45) is 0 Å². The van der Waals surface area contributed by atoms with Crippen molar-refractivity contribution in [3.05, 3.63) is 41.2 Å². The summed E-state index contributed by atoms with van der Waals surface area (Å²) < 4.78 is 6.46. The molecular formula is C11H13Cl2OSiZr. The van der Waals surface area contributed by atoms with Crippen LogP contribution in [0.1, 0.15) is 14.8 Å². The smallest absolute Gasteiger partial charge is 1.00 e. The van der Waals surface area contributed by atoms with Crippen LogP contribution in [0.3, 0.4) is 0 Å². The van der Waals surface area contributed by atoms with Crippen molar-refractivity contribution in [3.8, 4) is 0 Å². The van der Waals surface area contributed by atoms with Crippen molar-refractivity contribution in [2.75, 3.05) is 0 Å². The number of hydrogen-bond acceptors (Lipinski definition) is 1. The van der Waals surface area contributed by atoms with Crippen molar-refractivity contribution in [1.82, 2.24) is 0 Å². The number of allylic oxidation sites excluding steroid dienone is 1. The average molecular weight is 351 g/mol. The van der Waals surface area contributed by atoms with E-state index in [1.807, 2.05) is 0 Å². The number of benzene rings is 1. The molecule has 1 aliphatic rings. The quantitative estimate of drug-likeness (QED) is 0.506. The Morgan fingerprint density at radius 2 is 1.81 bits per heavy atom. The van der Waals surface area contributed by atoms with Gasteiger partial charge >= 0.3 is 102 Å². The van der Waals surface area contributed by atoms with E-state index in [4.69, 9.17) is 4.43 Å². The van der Waals surface area contributed by atoms with Crippen LogP contribution in [-0.2, 0) is 29.1 Å². The topological polar surface area (TPSA) is 9.23 Å². The van der Waals surface area contributed by atoms with Gasteiger partial charge in [0, 0.05) is 0 Å². The maximum atomic E-state index is 5.93. The Morgan fingerprint density at radius 1 is 1.19 bits per heavy atom. The van der Waals surface area contributed by atoms with Gasteiger partial charge in [0.15, 0.2) is 0 Å². The first kappa shape index (κ1) is 16.4. The summed E-state index contributed by atoms with van der Waals surface area (Å²) in [7, 11) is -0.947. The molecule has 0 bridgehead atoms. The summed E-state index contributed by atoms with van der Waals surface area (Å²) in [6.07, 6.45) is 2.21. The Hall–Kier alpha value is 0.440. The Balaban J connectivity index is 0.00000112. The maximum absolute atomic E-state index is 5.93. The predicted octanol–water partition coefficient (Wildman–Crippen LogP) is -3.36. The number of halogens is 2. The van der Waals surface area contributed by atoms with E-state index in [1.54, 1.807) is 0 Å². The summed E-state index contributed by atoms with van der Waals surface area (Å²) >= 11 is 1.52. The third-order valence-corrected chi connectivity index (χ3v) is 4.47.